The van der Waals surface area contributed by atoms with Crippen LogP contribution in [-0.4, -0.2) is 32.1 Å². The normalized spacial score (nSPS) is 10.1. The van der Waals surface area contributed by atoms with Gasteiger partial charge in [0.25, 0.3) is 11.8 Å². The summed E-state index contributed by atoms with van der Waals surface area (Å²) in [5.74, 6) is -0.496. The summed E-state index contributed by atoms with van der Waals surface area (Å²) in [4.78, 5) is 24.0. The number of benzene rings is 1. The minimum absolute atomic E-state index is 0.185. The summed E-state index contributed by atoms with van der Waals surface area (Å²) >= 11 is 0. The van der Waals surface area contributed by atoms with Gasteiger partial charge in [0, 0.05) is 13.7 Å². The van der Waals surface area contributed by atoms with Crippen molar-refractivity contribution in [3.8, 4) is 0 Å². The van der Waals surface area contributed by atoms with E-state index in [-0.39, 0.29) is 11.7 Å². The van der Waals surface area contributed by atoms with Crippen LogP contribution >= 0.6 is 0 Å². The summed E-state index contributed by atoms with van der Waals surface area (Å²) < 4.78 is 9.89. The van der Waals surface area contributed by atoms with Gasteiger partial charge in [-0.1, -0.05) is 12.1 Å². The molecule has 0 saturated heterocycles. The first-order valence-electron chi connectivity index (χ1n) is 6.43. The maximum Gasteiger partial charge on any atom is 0.291 e. The predicted molar refractivity (Wildman–Crippen MR) is 77.3 cm³/mol. The smallest absolute Gasteiger partial charge is 0.291 e. The Labute approximate surface area is 122 Å². The molecular weight excluding hydrogens is 272 g/mol. The van der Waals surface area contributed by atoms with Gasteiger partial charge in [-0.25, -0.2) is 0 Å². The molecule has 0 saturated carbocycles. The Morgan fingerprint density at radius 1 is 1.14 bits per heavy atom. The molecule has 0 spiro atoms. The van der Waals surface area contributed by atoms with Crippen molar-refractivity contribution in [2.75, 3.05) is 25.6 Å². The first-order chi connectivity index (χ1) is 10.2. The number of carbonyl (C=O) groups is 2. The molecule has 2 N–H and O–H groups in total. The standard InChI is InChI=1S/C15H16N2O4/c1-20-10-8-16-14(18)11-5-2-3-6-12(11)17-15(19)13-7-4-9-21-13/h2-7,9H,8,10H2,1H3,(H,16,18)(H,17,19). The van der Waals surface area contributed by atoms with Gasteiger partial charge in [0.2, 0.25) is 0 Å². The second kappa shape index (κ2) is 7.25. The molecule has 0 bridgehead atoms. The highest BCUT2D eigenvalue weighted by atomic mass is 16.5. The summed E-state index contributed by atoms with van der Waals surface area (Å²) in [6.07, 6.45) is 1.41. The first kappa shape index (κ1) is 14.8. The summed E-state index contributed by atoms with van der Waals surface area (Å²) in [5.41, 5.74) is 0.808. The molecule has 6 nitrogen and oxygen atoms in total. The largest absolute Gasteiger partial charge is 0.459 e. The van der Waals surface area contributed by atoms with Gasteiger partial charge in [0.15, 0.2) is 5.76 Å². The Balaban J connectivity index is 2.09. The van der Waals surface area contributed by atoms with E-state index in [1.165, 1.54) is 6.26 Å². The van der Waals surface area contributed by atoms with Crippen molar-refractivity contribution in [1.29, 1.82) is 0 Å². The Kier molecular flexibility index (Phi) is 5.11. The zero-order valence-electron chi connectivity index (χ0n) is 11.6. The molecule has 110 valence electrons. The van der Waals surface area contributed by atoms with Crippen LogP contribution in [0.5, 0.6) is 0 Å². The monoisotopic (exact) mass is 288 g/mol. The second-order valence-electron chi connectivity index (χ2n) is 4.23. The van der Waals surface area contributed by atoms with Crippen molar-refractivity contribution >= 4 is 17.5 Å². The highest BCUT2D eigenvalue weighted by Crippen LogP contribution is 2.16. The molecule has 0 fully saturated rings. The van der Waals surface area contributed by atoms with Crippen molar-refractivity contribution in [1.82, 2.24) is 5.32 Å². The van der Waals surface area contributed by atoms with E-state index in [1.807, 2.05) is 0 Å². The summed E-state index contributed by atoms with van der Waals surface area (Å²) in [7, 11) is 1.56. The zero-order chi connectivity index (χ0) is 15.1. The van der Waals surface area contributed by atoms with Gasteiger partial charge >= 0.3 is 0 Å². The van der Waals surface area contributed by atoms with Crippen molar-refractivity contribution in [2.24, 2.45) is 0 Å². The van der Waals surface area contributed by atoms with E-state index >= 15 is 0 Å². The van der Waals surface area contributed by atoms with Gasteiger partial charge in [0.1, 0.15) is 0 Å². The number of rotatable bonds is 6. The number of hydrogen-bond donors (Lipinski definition) is 2. The third-order valence-corrected chi connectivity index (χ3v) is 2.76. The molecular formula is C15H16N2O4. The summed E-state index contributed by atoms with van der Waals surface area (Å²) in [6.45, 7) is 0.822. The number of carbonyl (C=O) groups excluding carboxylic acids is 2. The van der Waals surface area contributed by atoms with Gasteiger partial charge in [-0.3, -0.25) is 9.59 Å². The van der Waals surface area contributed by atoms with Gasteiger partial charge < -0.3 is 19.8 Å². The third-order valence-electron chi connectivity index (χ3n) is 2.76. The number of hydrogen-bond acceptors (Lipinski definition) is 4. The van der Waals surface area contributed by atoms with E-state index in [0.29, 0.717) is 24.4 Å². The molecule has 0 radical (unpaired) electrons. The van der Waals surface area contributed by atoms with E-state index in [9.17, 15) is 9.59 Å². The fraction of sp³-hybridized carbons (Fsp3) is 0.200. The van der Waals surface area contributed by atoms with E-state index < -0.39 is 5.91 Å². The highest BCUT2D eigenvalue weighted by molar-refractivity contribution is 6.07. The number of methoxy groups -OCH3 is 1. The van der Waals surface area contributed by atoms with E-state index in [2.05, 4.69) is 10.6 Å². The Morgan fingerprint density at radius 2 is 1.95 bits per heavy atom. The van der Waals surface area contributed by atoms with Crippen molar-refractivity contribution in [3.63, 3.8) is 0 Å². The lowest BCUT2D eigenvalue weighted by molar-refractivity contribution is 0.0938. The number of para-hydroxylation sites is 1. The van der Waals surface area contributed by atoms with Crippen LogP contribution in [0.3, 0.4) is 0 Å². The van der Waals surface area contributed by atoms with Crippen LogP contribution in [0.15, 0.2) is 47.1 Å². The molecule has 6 heteroatoms. The van der Waals surface area contributed by atoms with Crippen molar-refractivity contribution < 1.29 is 18.7 Å². The molecule has 1 aromatic carbocycles. The van der Waals surface area contributed by atoms with Crippen LogP contribution in [-0.2, 0) is 4.74 Å². The molecule has 2 aromatic rings. The fourth-order valence-corrected chi connectivity index (χ4v) is 1.74. The lowest BCUT2D eigenvalue weighted by Crippen LogP contribution is -2.28. The molecule has 2 amide bonds. The fourth-order valence-electron chi connectivity index (χ4n) is 1.74. The van der Waals surface area contributed by atoms with Crippen LogP contribution in [0.25, 0.3) is 0 Å². The molecule has 0 aliphatic rings. The van der Waals surface area contributed by atoms with E-state index in [4.69, 9.17) is 9.15 Å². The maximum absolute atomic E-state index is 12.1. The summed E-state index contributed by atoms with van der Waals surface area (Å²) in [5, 5.41) is 5.37. The molecule has 2 rings (SSSR count). The second-order valence-corrected chi connectivity index (χ2v) is 4.23. The number of furan rings is 1. The van der Waals surface area contributed by atoms with Gasteiger partial charge in [-0.2, -0.15) is 0 Å². The highest BCUT2D eigenvalue weighted by Gasteiger charge is 2.14. The maximum atomic E-state index is 12.1. The van der Waals surface area contributed by atoms with Gasteiger partial charge in [0.05, 0.1) is 24.1 Å². The molecule has 0 atom stereocenters. The Morgan fingerprint density at radius 3 is 2.67 bits per heavy atom. The van der Waals surface area contributed by atoms with Crippen LogP contribution in [0, 0.1) is 0 Å². The molecule has 0 unspecified atom stereocenters. The third kappa shape index (κ3) is 3.93. The molecule has 1 aromatic heterocycles. The SMILES string of the molecule is COCCNC(=O)c1ccccc1NC(=O)c1ccco1. The van der Waals surface area contributed by atoms with E-state index in [0.717, 1.165) is 0 Å². The first-order valence-corrected chi connectivity index (χ1v) is 6.43. The Bertz CT molecular complexity index is 608. The number of nitrogens with one attached hydrogen (secondary N) is 2. The van der Waals surface area contributed by atoms with Gasteiger partial charge in [-0.15, -0.1) is 0 Å². The molecule has 0 aliphatic carbocycles. The quantitative estimate of drug-likeness (QED) is 0.796. The number of ether oxygens (including phenoxy) is 1. The van der Waals surface area contributed by atoms with Crippen LogP contribution in [0.1, 0.15) is 20.9 Å². The van der Waals surface area contributed by atoms with Crippen molar-refractivity contribution in [3.05, 3.63) is 54.0 Å². The Hall–Kier alpha value is -2.60. The van der Waals surface area contributed by atoms with Crippen LogP contribution in [0.4, 0.5) is 5.69 Å². The average molecular weight is 288 g/mol. The van der Waals surface area contributed by atoms with Gasteiger partial charge in [-0.05, 0) is 24.3 Å². The van der Waals surface area contributed by atoms with Crippen LogP contribution < -0.4 is 10.6 Å². The molecule has 21 heavy (non-hydrogen) atoms. The lowest BCUT2D eigenvalue weighted by atomic mass is 10.1. The predicted octanol–water partition coefficient (Wildman–Crippen LogP) is 1.91. The lowest BCUT2D eigenvalue weighted by Gasteiger charge is -2.10. The number of anilines is 1. The minimum Gasteiger partial charge on any atom is -0.459 e. The summed E-state index contributed by atoms with van der Waals surface area (Å²) in [6, 6.07) is 9.94. The number of amides is 2. The van der Waals surface area contributed by atoms with E-state index in [1.54, 1.807) is 43.5 Å². The molecule has 1 heterocycles. The topological polar surface area (TPSA) is 80.6 Å². The zero-order valence-corrected chi connectivity index (χ0v) is 11.6. The average Bonchev–Trinajstić information content (AvgIpc) is 3.02. The minimum atomic E-state index is -0.405. The molecule has 0 aliphatic heterocycles. The van der Waals surface area contributed by atoms with Crippen LogP contribution in [0.2, 0.25) is 0 Å². The van der Waals surface area contributed by atoms with Crippen molar-refractivity contribution in [2.45, 2.75) is 0 Å².